The van der Waals surface area contributed by atoms with E-state index in [9.17, 15) is 18.0 Å². The Hall–Kier alpha value is -1.55. The Morgan fingerprint density at radius 2 is 2.08 bits per heavy atom. The molecular formula is C13H13Cl2NO7S. The molecule has 132 valence electrons. The number of sulfonamides is 1. The van der Waals surface area contributed by atoms with Gasteiger partial charge in [-0.1, -0.05) is 23.2 Å². The van der Waals surface area contributed by atoms with Crippen molar-refractivity contribution in [2.24, 2.45) is 0 Å². The summed E-state index contributed by atoms with van der Waals surface area (Å²) in [5.41, 5.74) is 0.430. The molecule has 1 heterocycles. The molecule has 1 atom stereocenters. The normalized spacial score (nSPS) is 16.5. The first-order valence-corrected chi connectivity index (χ1v) is 8.72. The highest BCUT2D eigenvalue weighted by Crippen LogP contribution is 2.44. The minimum atomic E-state index is -3.81. The van der Waals surface area contributed by atoms with Gasteiger partial charge in [0.1, 0.15) is 15.7 Å². The van der Waals surface area contributed by atoms with Crippen LogP contribution in [0.25, 0.3) is 0 Å². The van der Waals surface area contributed by atoms with Crippen LogP contribution in [0.15, 0.2) is 11.0 Å². The van der Waals surface area contributed by atoms with E-state index in [0.717, 1.165) is 4.31 Å². The molecule has 1 unspecified atom stereocenters. The number of nitrogens with zero attached hydrogens (tertiary/aromatic N) is 1. The molecular weight excluding hydrogens is 385 g/mol. The Morgan fingerprint density at radius 3 is 2.67 bits per heavy atom. The molecule has 1 aromatic carbocycles. The van der Waals surface area contributed by atoms with E-state index in [1.165, 1.54) is 20.2 Å². The standard InChI is InChI=1S/C13H13Cl2NO7S/c1-16(2)24(19,20)8-3-7-4-10(22-9(18)5-21-6-17)23-13(7)12(15)11(8)14/h3,6,10H,4-5H2,1-2H3. The van der Waals surface area contributed by atoms with Gasteiger partial charge in [-0.15, -0.1) is 0 Å². The largest absolute Gasteiger partial charge is 0.456 e. The van der Waals surface area contributed by atoms with E-state index in [1.54, 1.807) is 0 Å². The molecule has 1 aliphatic heterocycles. The molecule has 0 aliphatic carbocycles. The second-order valence-corrected chi connectivity index (χ2v) is 7.80. The molecule has 11 heteroatoms. The van der Waals surface area contributed by atoms with Gasteiger partial charge >= 0.3 is 5.97 Å². The fourth-order valence-corrected chi connectivity index (χ4v) is 3.77. The molecule has 8 nitrogen and oxygen atoms in total. The summed E-state index contributed by atoms with van der Waals surface area (Å²) in [5, 5.41) is -0.266. The van der Waals surface area contributed by atoms with E-state index in [1.807, 2.05) is 0 Å². The van der Waals surface area contributed by atoms with Crippen LogP contribution in [0.3, 0.4) is 0 Å². The summed E-state index contributed by atoms with van der Waals surface area (Å²) < 4.78 is 40.2. The van der Waals surface area contributed by atoms with Gasteiger partial charge in [0, 0.05) is 19.7 Å². The average molecular weight is 398 g/mol. The molecule has 0 fully saturated rings. The van der Waals surface area contributed by atoms with Crippen LogP contribution in [0.4, 0.5) is 0 Å². The number of carbonyl (C=O) groups is 2. The quantitative estimate of drug-likeness (QED) is 0.525. The van der Waals surface area contributed by atoms with Crippen LogP contribution in [0.2, 0.25) is 10.0 Å². The second kappa shape index (κ2) is 7.14. The maximum absolute atomic E-state index is 12.3. The molecule has 0 aromatic heterocycles. The van der Waals surface area contributed by atoms with Crippen LogP contribution < -0.4 is 4.74 Å². The zero-order chi connectivity index (χ0) is 18.1. The second-order valence-electron chi connectivity index (χ2n) is 4.93. The number of hydrogen-bond acceptors (Lipinski definition) is 7. The third kappa shape index (κ3) is 3.59. The number of fused-ring (bicyclic) bond motifs is 1. The Morgan fingerprint density at radius 1 is 1.42 bits per heavy atom. The van der Waals surface area contributed by atoms with Gasteiger partial charge < -0.3 is 14.2 Å². The molecule has 1 aromatic rings. The average Bonchev–Trinajstić information content (AvgIpc) is 2.91. The molecule has 24 heavy (non-hydrogen) atoms. The lowest BCUT2D eigenvalue weighted by Crippen LogP contribution is -2.24. The number of hydrogen-bond donors (Lipinski definition) is 0. The molecule has 0 saturated heterocycles. The highest BCUT2D eigenvalue weighted by molar-refractivity contribution is 7.89. The molecule has 0 spiro atoms. The van der Waals surface area contributed by atoms with E-state index in [2.05, 4.69) is 4.74 Å². The van der Waals surface area contributed by atoms with Crippen LogP contribution >= 0.6 is 23.2 Å². The summed E-state index contributed by atoms with van der Waals surface area (Å²) in [6.07, 6.45) is -0.941. The Balaban J connectivity index is 2.28. The number of ether oxygens (including phenoxy) is 3. The van der Waals surface area contributed by atoms with Gasteiger partial charge in [0.25, 0.3) is 6.47 Å². The molecule has 0 saturated carbocycles. The first-order chi connectivity index (χ1) is 11.2. The van der Waals surface area contributed by atoms with E-state index in [0.29, 0.717) is 5.56 Å². The van der Waals surface area contributed by atoms with Crippen molar-refractivity contribution in [2.45, 2.75) is 17.6 Å². The molecule has 1 aliphatic rings. The fraction of sp³-hybridized carbons (Fsp3) is 0.385. The molecule has 0 radical (unpaired) electrons. The predicted molar refractivity (Wildman–Crippen MR) is 83.6 cm³/mol. The van der Waals surface area contributed by atoms with Gasteiger partial charge in [-0.3, -0.25) is 4.79 Å². The highest BCUT2D eigenvalue weighted by atomic mass is 35.5. The first kappa shape index (κ1) is 18.8. The Bertz CT molecular complexity index is 779. The van der Waals surface area contributed by atoms with Crippen molar-refractivity contribution in [1.82, 2.24) is 4.31 Å². The topological polar surface area (TPSA) is 99.2 Å². The number of carbonyl (C=O) groups excluding carboxylic acids is 2. The summed E-state index contributed by atoms with van der Waals surface area (Å²) in [6.45, 7) is -0.449. The van der Waals surface area contributed by atoms with Crippen LogP contribution in [-0.4, -0.2) is 52.2 Å². The maximum Gasteiger partial charge on any atom is 0.347 e. The SMILES string of the molecule is CN(C)S(=O)(=O)c1cc2c(c(Cl)c1Cl)OC(OC(=O)COC=O)C2. The summed E-state index contributed by atoms with van der Waals surface area (Å²) in [7, 11) is -1.09. The summed E-state index contributed by atoms with van der Waals surface area (Å²) in [5.74, 6) is -0.670. The fourth-order valence-electron chi connectivity index (χ4n) is 2.00. The minimum absolute atomic E-state index is 0.0784. The van der Waals surface area contributed by atoms with Crippen molar-refractivity contribution in [3.05, 3.63) is 21.7 Å². The lowest BCUT2D eigenvalue weighted by atomic mass is 10.1. The number of benzene rings is 1. The van der Waals surface area contributed by atoms with Crippen LogP contribution in [0.5, 0.6) is 5.75 Å². The van der Waals surface area contributed by atoms with E-state index >= 15 is 0 Å². The zero-order valence-corrected chi connectivity index (χ0v) is 14.9. The Labute approximate surface area is 148 Å². The van der Waals surface area contributed by atoms with Crippen molar-refractivity contribution in [2.75, 3.05) is 20.7 Å². The summed E-state index contributed by atoms with van der Waals surface area (Å²) in [6, 6.07) is 1.33. The lowest BCUT2D eigenvalue weighted by molar-refractivity contribution is -0.168. The lowest BCUT2D eigenvalue weighted by Gasteiger charge is -2.15. The molecule has 2 rings (SSSR count). The first-order valence-electron chi connectivity index (χ1n) is 6.53. The van der Waals surface area contributed by atoms with Gasteiger partial charge in [-0.25, -0.2) is 17.5 Å². The third-order valence-electron chi connectivity index (χ3n) is 3.13. The van der Waals surface area contributed by atoms with Crippen molar-refractivity contribution in [3.63, 3.8) is 0 Å². The number of esters is 1. The Kier molecular flexibility index (Phi) is 5.59. The van der Waals surface area contributed by atoms with Gasteiger partial charge in [0.15, 0.2) is 6.61 Å². The predicted octanol–water partition coefficient (Wildman–Crippen LogP) is 1.22. The number of rotatable bonds is 6. The van der Waals surface area contributed by atoms with Gasteiger partial charge in [0.2, 0.25) is 16.3 Å². The molecule has 0 N–H and O–H groups in total. The van der Waals surface area contributed by atoms with Crippen molar-refractivity contribution >= 4 is 45.7 Å². The van der Waals surface area contributed by atoms with Crippen molar-refractivity contribution in [3.8, 4) is 5.75 Å². The summed E-state index contributed by atoms with van der Waals surface area (Å²) >= 11 is 12.1. The summed E-state index contributed by atoms with van der Waals surface area (Å²) in [4.78, 5) is 21.3. The smallest absolute Gasteiger partial charge is 0.347 e. The highest BCUT2D eigenvalue weighted by Gasteiger charge is 2.33. The molecule has 0 bridgehead atoms. The van der Waals surface area contributed by atoms with E-state index in [4.69, 9.17) is 32.7 Å². The van der Waals surface area contributed by atoms with Crippen LogP contribution in [0, 0.1) is 0 Å². The molecule has 0 amide bonds. The van der Waals surface area contributed by atoms with E-state index < -0.39 is 28.9 Å². The maximum atomic E-state index is 12.3. The van der Waals surface area contributed by atoms with Gasteiger partial charge in [0.05, 0.1) is 11.4 Å². The van der Waals surface area contributed by atoms with E-state index in [-0.39, 0.29) is 33.6 Å². The van der Waals surface area contributed by atoms with Crippen LogP contribution in [-0.2, 0) is 35.5 Å². The van der Waals surface area contributed by atoms with Gasteiger partial charge in [-0.2, -0.15) is 0 Å². The van der Waals surface area contributed by atoms with Crippen molar-refractivity contribution < 1.29 is 32.2 Å². The van der Waals surface area contributed by atoms with Gasteiger partial charge in [-0.05, 0) is 6.07 Å². The monoisotopic (exact) mass is 397 g/mol. The zero-order valence-electron chi connectivity index (χ0n) is 12.6. The minimum Gasteiger partial charge on any atom is -0.456 e. The van der Waals surface area contributed by atoms with Crippen molar-refractivity contribution in [1.29, 1.82) is 0 Å². The third-order valence-corrected chi connectivity index (χ3v) is 5.93. The van der Waals surface area contributed by atoms with Crippen LogP contribution in [0.1, 0.15) is 5.56 Å². The number of halogens is 2.